The van der Waals surface area contributed by atoms with Gasteiger partial charge in [-0.05, 0) is 54.3 Å². The first-order valence-electron chi connectivity index (χ1n) is 10.2. The third-order valence-electron chi connectivity index (χ3n) is 5.21. The molecule has 0 N–H and O–H groups in total. The van der Waals surface area contributed by atoms with Gasteiger partial charge in [-0.3, -0.25) is 9.59 Å². The van der Waals surface area contributed by atoms with Crippen molar-refractivity contribution in [1.82, 2.24) is 9.80 Å². The minimum Gasteiger partial charge on any atom is -0.497 e. The Bertz CT molecular complexity index is 896. The van der Waals surface area contributed by atoms with Crippen LogP contribution in [0.25, 0.3) is 6.08 Å². The van der Waals surface area contributed by atoms with E-state index in [2.05, 4.69) is 0 Å². The van der Waals surface area contributed by atoms with Crippen molar-refractivity contribution in [3.05, 3.63) is 71.6 Å². The van der Waals surface area contributed by atoms with Gasteiger partial charge in [-0.15, -0.1) is 0 Å². The number of methoxy groups -OCH3 is 1. The highest BCUT2D eigenvalue weighted by Gasteiger charge is 2.20. The fraction of sp³-hybridized carbons (Fsp3) is 0.333. The molecule has 5 nitrogen and oxygen atoms in total. The third-order valence-corrected chi connectivity index (χ3v) is 5.21. The molecule has 1 aliphatic heterocycles. The van der Waals surface area contributed by atoms with Gasteiger partial charge in [-0.1, -0.05) is 24.3 Å². The van der Waals surface area contributed by atoms with Gasteiger partial charge in [0.25, 0.3) is 0 Å². The monoisotopic (exact) mass is 410 g/mol. The van der Waals surface area contributed by atoms with Crippen molar-refractivity contribution in [2.24, 2.45) is 0 Å². The van der Waals surface area contributed by atoms with E-state index in [0.717, 1.165) is 17.7 Å². The summed E-state index contributed by atoms with van der Waals surface area (Å²) in [5.41, 5.74) is 1.74. The molecule has 0 aromatic heterocycles. The fourth-order valence-corrected chi connectivity index (χ4v) is 3.47. The molecule has 2 aromatic rings. The van der Waals surface area contributed by atoms with Crippen LogP contribution in [0.15, 0.2) is 54.6 Å². The van der Waals surface area contributed by atoms with Gasteiger partial charge in [0, 0.05) is 38.7 Å². The first-order chi connectivity index (χ1) is 14.5. The molecular weight excluding hydrogens is 383 g/mol. The molecule has 0 saturated carbocycles. The highest BCUT2D eigenvalue weighted by molar-refractivity contribution is 5.91. The Morgan fingerprint density at radius 1 is 1.03 bits per heavy atom. The molecule has 30 heavy (non-hydrogen) atoms. The number of benzene rings is 2. The van der Waals surface area contributed by atoms with Crippen LogP contribution in [-0.4, -0.2) is 54.9 Å². The largest absolute Gasteiger partial charge is 0.497 e. The number of nitrogens with zero attached hydrogens (tertiary/aromatic N) is 2. The number of aryl methyl sites for hydroxylation is 1. The fourth-order valence-electron chi connectivity index (χ4n) is 3.47. The van der Waals surface area contributed by atoms with Gasteiger partial charge in [0.2, 0.25) is 11.8 Å². The first-order valence-corrected chi connectivity index (χ1v) is 10.2. The van der Waals surface area contributed by atoms with Gasteiger partial charge in [-0.2, -0.15) is 0 Å². The van der Waals surface area contributed by atoms with Crippen molar-refractivity contribution < 1.29 is 18.7 Å². The Morgan fingerprint density at radius 3 is 2.50 bits per heavy atom. The molecule has 1 heterocycles. The smallest absolute Gasteiger partial charge is 0.246 e. The molecule has 0 bridgehead atoms. The average molecular weight is 410 g/mol. The number of ether oxygens (including phenoxy) is 1. The molecule has 1 saturated heterocycles. The maximum Gasteiger partial charge on any atom is 0.246 e. The molecule has 0 spiro atoms. The predicted octanol–water partition coefficient (Wildman–Crippen LogP) is 3.54. The second kappa shape index (κ2) is 10.6. The van der Waals surface area contributed by atoms with Crippen LogP contribution in [0.2, 0.25) is 0 Å². The zero-order chi connectivity index (χ0) is 21.3. The van der Waals surface area contributed by atoms with E-state index in [-0.39, 0.29) is 17.6 Å². The van der Waals surface area contributed by atoms with Gasteiger partial charge in [0.15, 0.2) is 0 Å². The van der Waals surface area contributed by atoms with Gasteiger partial charge >= 0.3 is 0 Å². The molecule has 3 rings (SSSR count). The Morgan fingerprint density at radius 2 is 1.77 bits per heavy atom. The zero-order valence-corrected chi connectivity index (χ0v) is 17.2. The van der Waals surface area contributed by atoms with Crippen molar-refractivity contribution in [3.8, 4) is 5.75 Å². The van der Waals surface area contributed by atoms with Crippen LogP contribution in [0.5, 0.6) is 5.75 Å². The summed E-state index contributed by atoms with van der Waals surface area (Å²) in [4.78, 5) is 28.7. The number of rotatable bonds is 6. The summed E-state index contributed by atoms with van der Waals surface area (Å²) in [6.45, 7) is 2.29. The van der Waals surface area contributed by atoms with Crippen LogP contribution in [0, 0.1) is 5.82 Å². The van der Waals surface area contributed by atoms with Gasteiger partial charge in [0.1, 0.15) is 11.6 Å². The van der Waals surface area contributed by atoms with E-state index in [1.807, 2.05) is 29.2 Å². The summed E-state index contributed by atoms with van der Waals surface area (Å²) < 4.78 is 18.4. The maximum atomic E-state index is 13.3. The Balaban J connectivity index is 1.48. The van der Waals surface area contributed by atoms with Crippen molar-refractivity contribution in [2.75, 3.05) is 33.3 Å². The van der Waals surface area contributed by atoms with Crippen molar-refractivity contribution in [1.29, 1.82) is 0 Å². The lowest BCUT2D eigenvalue weighted by atomic mass is 10.1. The number of hydrogen-bond donors (Lipinski definition) is 0. The van der Waals surface area contributed by atoms with Crippen molar-refractivity contribution >= 4 is 17.9 Å². The van der Waals surface area contributed by atoms with Gasteiger partial charge in [0.05, 0.1) is 7.11 Å². The summed E-state index contributed by atoms with van der Waals surface area (Å²) in [5, 5.41) is 0. The maximum absolute atomic E-state index is 13.3. The molecule has 2 amide bonds. The van der Waals surface area contributed by atoms with Gasteiger partial charge in [-0.25, -0.2) is 4.39 Å². The molecule has 0 atom stereocenters. The molecule has 1 aliphatic rings. The van der Waals surface area contributed by atoms with Crippen LogP contribution < -0.4 is 4.74 Å². The second-order valence-corrected chi connectivity index (χ2v) is 7.30. The third kappa shape index (κ3) is 6.17. The summed E-state index contributed by atoms with van der Waals surface area (Å²) >= 11 is 0. The van der Waals surface area contributed by atoms with E-state index < -0.39 is 0 Å². The lowest BCUT2D eigenvalue weighted by molar-refractivity contribution is -0.132. The molecular formula is C24H27FN2O3. The van der Waals surface area contributed by atoms with E-state index in [1.54, 1.807) is 30.2 Å². The lowest BCUT2D eigenvalue weighted by Gasteiger charge is -2.21. The Kier molecular flexibility index (Phi) is 7.60. The number of amides is 2. The number of carbonyl (C=O) groups excluding carboxylic acids is 2. The SMILES string of the molecule is COc1ccc(CCC(=O)N2CCCN(C(=O)/C=C/c3cccc(F)c3)CC2)cc1. The minimum atomic E-state index is -0.330. The van der Waals surface area contributed by atoms with Crippen LogP contribution in [0.4, 0.5) is 4.39 Å². The van der Waals surface area contributed by atoms with Crippen LogP contribution in [0.3, 0.4) is 0 Å². The van der Waals surface area contributed by atoms with Crippen LogP contribution in [-0.2, 0) is 16.0 Å². The molecule has 1 fully saturated rings. The molecule has 2 aromatic carbocycles. The summed E-state index contributed by atoms with van der Waals surface area (Å²) in [6, 6.07) is 13.8. The molecule has 158 valence electrons. The topological polar surface area (TPSA) is 49.9 Å². The number of halogens is 1. The van der Waals surface area contributed by atoms with Crippen LogP contribution >= 0.6 is 0 Å². The Labute approximate surface area is 176 Å². The minimum absolute atomic E-state index is 0.107. The number of carbonyl (C=O) groups is 2. The normalized spacial score (nSPS) is 14.6. The first kappa shape index (κ1) is 21.6. The highest BCUT2D eigenvalue weighted by atomic mass is 19.1. The summed E-state index contributed by atoms with van der Waals surface area (Å²) in [6.07, 6.45) is 4.95. The van der Waals surface area contributed by atoms with E-state index in [4.69, 9.17) is 4.74 Å². The predicted molar refractivity (Wildman–Crippen MR) is 115 cm³/mol. The van der Waals surface area contributed by atoms with Crippen LogP contribution in [0.1, 0.15) is 24.0 Å². The highest BCUT2D eigenvalue weighted by Crippen LogP contribution is 2.14. The molecule has 6 heteroatoms. The van der Waals surface area contributed by atoms with E-state index in [1.165, 1.54) is 18.2 Å². The number of hydrogen-bond acceptors (Lipinski definition) is 3. The van der Waals surface area contributed by atoms with Gasteiger partial charge < -0.3 is 14.5 Å². The summed E-state index contributed by atoms with van der Waals surface area (Å²) in [7, 11) is 1.63. The lowest BCUT2D eigenvalue weighted by Crippen LogP contribution is -2.36. The van der Waals surface area contributed by atoms with Crippen molar-refractivity contribution in [2.45, 2.75) is 19.3 Å². The quantitative estimate of drug-likeness (QED) is 0.685. The summed E-state index contributed by atoms with van der Waals surface area (Å²) in [5.74, 6) is 0.458. The van der Waals surface area contributed by atoms with E-state index >= 15 is 0 Å². The molecule has 0 radical (unpaired) electrons. The van der Waals surface area contributed by atoms with E-state index in [9.17, 15) is 14.0 Å². The molecule has 0 aliphatic carbocycles. The molecule has 0 unspecified atom stereocenters. The average Bonchev–Trinajstić information content (AvgIpc) is 3.03. The van der Waals surface area contributed by atoms with Crippen molar-refractivity contribution in [3.63, 3.8) is 0 Å². The standard InChI is InChI=1S/C24H27FN2O3/c1-30-22-10-6-19(7-11-22)8-12-23(28)26-14-3-15-27(17-16-26)24(29)13-9-20-4-2-5-21(25)18-20/h2,4-7,9-11,13,18H,3,8,12,14-17H2,1H3/b13-9+. The zero-order valence-electron chi connectivity index (χ0n) is 17.2. The van der Waals surface area contributed by atoms with E-state index in [0.29, 0.717) is 44.6 Å². The second-order valence-electron chi connectivity index (χ2n) is 7.30. The Hall–Kier alpha value is -3.15.